The van der Waals surface area contributed by atoms with Crippen molar-refractivity contribution in [1.82, 2.24) is 0 Å². The van der Waals surface area contributed by atoms with Gasteiger partial charge in [0.1, 0.15) is 5.60 Å². The number of carbonyl (C=O) groups is 1. The summed E-state index contributed by atoms with van der Waals surface area (Å²) >= 11 is 0. The predicted octanol–water partition coefficient (Wildman–Crippen LogP) is 3.59. The second-order valence-corrected chi connectivity index (χ2v) is 5.37. The molecule has 0 bridgehead atoms. The maximum atomic E-state index is 12.5. The Hall–Kier alpha value is -0.370. The molecule has 1 aliphatic rings. The van der Waals surface area contributed by atoms with Crippen LogP contribution in [0, 0.1) is 11.8 Å². The SMILES string of the molecule is CCOC(C)(C)C(=O)C1CCCCC1CC. The minimum absolute atomic E-state index is 0.236. The van der Waals surface area contributed by atoms with E-state index < -0.39 is 5.60 Å². The van der Waals surface area contributed by atoms with E-state index in [0.717, 1.165) is 12.8 Å². The van der Waals surface area contributed by atoms with E-state index in [-0.39, 0.29) is 5.92 Å². The zero-order chi connectivity index (χ0) is 12.2. The number of hydrogen-bond donors (Lipinski definition) is 0. The quantitative estimate of drug-likeness (QED) is 0.716. The van der Waals surface area contributed by atoms with Gasteiger partial charge in [-0.3, -0.25) is 4.79 Å². The van der Waals surface area contributed by atoms with Crippen molar-refractivity contribution in [3.63, 3.8) is 0 Å². The summed E-state index contributed by atoms with van der Waals surface area (Å²) in [5, 5.41) is 0. The van der Waals surface area contributed by atoms with Crippen molar-refractivity contribution in [2.75, 3.05) is 6.61 Å². The molecule has 0 spiro atoms. The lowest BCUT2D eigenvalue weighted by Gasteiger charge is -2.35. The first-order valence-corrected chi connectivity index (χ1v) is 6.71. The van der Waals surface area contributed by atoms with Crippen LogP contribution in [0.15, 0.2) is 0 Å². The summed E-state index contributed by atoms with van der Waals surface area (Å²) in [6, 6.07) is 0. The molecule has 0 amide bonds. The second kappa shape index (κ2) is 5.81. The molecular weight excluding hydrogens is 200 g/mol. The Morgan fingerprint density at radius 1 is 1.25 bits per heavy atom. The molecule has 1 aliphatic carbocycles. The molecule has 1 rings (SSSR count). The highest BCUT2D eigenvalue weighted by molar-refractivity contribution is 5.89. The largest absolute Gasteiger partial charge is 0.368 e. The van der Waals surface area contributed by atoms with E-state index in [1.165, 1.54) is 19.3 Å². The summed E-state index contributed by atoms with van der Waals surface area (Å²) in [7, 11) is 0. The molecule has 2 heteroatoms. The van der Waals surface area contributed by atoms with Crippen molar-refractivity contribution in [2.24, 2.45) is 11.8 Å². The number of carbonyl (C=O) groups excluding carboxylic acids is 1. The number of ether oxygens (including phenoxy) is 1. The van der Waals surface area contributed by atoms with E-state index in [9.17, 15) is 4.79 Å². The van der Waals surface area contributed by atoms with Gasteiger partial charge < -0.3 is 4.74 Å². The summed E-state index contributed by atoms with van der Waals surface area (Å²) in [5.74, 6) is 1.14. The third kappa shape index (κ3) is 3.07. The molecule has 0 saturated heterocycles. The van der Waals surface area contributed by atoms with Gasteiger partial charge in [0.25, 0.3) is 0 Å². The second-order valence-electron chi connectivity index (χ2n) is 5.37. The maximum absolute atomic E-state index is 12.5. The fraction of sp³-hybridized carbons (Fsp3) is 0.929. The van der Waals surface area contributed by atoms with E-state index in [4.69, 9.17) is 4.74 Å². The van der Waals surface area contributed by atoms with Crippen LogP contribution < -0.4 is 0 Å². The first kappa shape index (κ1) is 13.7. The fourth-order valence-corrected chi connectivity index (χ4v) is 2.92. The van der Waals surface area contributed by atoms with Crippen LogP contribution in [-0.2, 0) is 9.53 Å². The van der Waals surface area contributed by atoms with Gasteiger partial charge in [-0.2, -0.15) is 0 Å². The Balaban J connectivity index is 2.70. The van der Waals surface area contributed by atoms with Gasteiger partial charge in [-0.15, -0.1) is 0 Å². The topological polar surface area (TPSA) is 26.3 Å². The third-order valence-corrected chi connectivity index (χ3v) is 3.87. The van der Waals surface area contributed by atoms with E-state index in [1.54, 1.807) is 0 Å². The Labute approximate surface area is 99.8 Å². The first-order valence-electron chi connectivity index (χ1n) is 6.71. The molecule has 0 heterocycles. The Morgan fingerprint density at radius 2 is 1.88 bits per heavy atom. The molecular formula is C14H26O2. The van der Waals surface area contributed by atoms with Crippen LogP contribution in [0.5, 0.6) is 0 Å². The van der Waals surface area contributed by atoms with Crippen LogP contribution >= 0.6 is 0 Å². The van der Waals surface area contributed by atoms with Crippen LogP contribution in [0.2, 0.25) is 0 Å². The molecule has 0 radical (unpaired) electrons. The molecule has 94 valence electrons. The lowest BCUT2D eigenvalue weighted by Crippen LogP contribution is -2.43. The van der Waals surface area contributed by atoms with Gasteiger partial charge >= 0.3 is 0 Å². The van der Waals surface area contributed by atoms with E-state index in [2.05, 4.69) is 6.92 Å². The number of rotatable bonds is 5. The lowest BCUT2D eigenvalue weighted by atomic mass is 9.72. The van der Waals surface area contributed by atoms with Gasteiger partial charge in [0.15, 0.2) is 5.78 Å². The summed E-state index contributed by atoms with van der Waals surface area (Å²) in [6.45, 7) is 8.60. The number of ketones is 1. The molecule has 1 fully saturated rings. The first-order chi connectivity index (χ1) is 7.53. The summed E-state index contributed by atoms with van der Waals surface area (Å²) in [6.07, 6.45) is 5.90. The highest BCUT2D eigenvalue weighted by Crippen LogP contribution is 2.35. The van der Waals surface area contributed by atoms with Crippen molar-refractivity contribution in [1.29, 1.82) is 0 Å². The van der Waals surface area contributed by atoms with Gasteiger partial charge in [0.05, 0.1) is 0 Å². The van der Waals surface area contributed by atoms with Gasteiger partial charge in [-0.1, -0.05) is 26.2 Å². The van der Waals surface area contributed by atoms with Crippen molar-refractivity contribution >= 4 is 5.78 Å². The Morgan fingerprint density at radius 3 is 2.44 bits per heavy atom. The summed E-state index contributed by atoms with van der Waals surface area (Å²) in [4.78, 5) is 12.5. The molecule has 1 saturated carbocycles. The number of Topliss-reactive ketones (excluding diaryl/α,β-unsaturated/α-hetero) is 1. The molecule has 0 N–H and O–H groups in total. The van der Waals surface area contributed by atoms with Gasteiger partial charge in [-0.05, 0) is 39.5 Å². The molecule has 2 unspecified atom stereocenters. The standard InChI is InChI=1S/C14H26O2/c1-5-11-9-7-8-10-12(11)13(15)14(3,4)16-6-2/h11-12H,5-10H2,1-4H3. The molecule has 16 heavy (non-hydrogen) atoms. The fourth-order valence-electron chi connectivity index (χ4n) is 2.92. The average molecular weight is 226 g/mol. The Bertz CT molecular complexity index is 233. The zero-order valence-electron chi connectivity index (χ0n) is 11.2. The highest BCUT2D eigenvalue weighted by atomic mass is 16.5. The Kier molecular flexibility index (Phi) is 4.97. The molecule has 0 aromatic carbocycles. The minimum atomic E-state index is -0.593. The van der Waals surface area contributed by atoms with Crippen LogP contribution in [0.25, 0.3) is 0 Å². The van der Waals surface area contributed by atoms with Gasteiger partial charge in [0.2, 0.25) is 0 Å². The van der Waals surface area contributed by atoms with Crippen LogP contribution in [0.4, 0.5) is 0 Å². The average Bonchev–Trinajstić information content (AvgIpc) is 2.28. The van der Waals surface area contributed by atoms with E-state index in [1.807, 2.05) is 20.8 Å². The minimum Gasteiger partial charge on any atom is -0.368 e. The lowest BCUT2D eigenvalue weighted by molar-refractivity contribution is -0.147. The van der Waals surface area contributed by atoms with Gasteiger partial charge in [0, 0.05) is 12.5 Å². The van der Waals surface area contributed by atoms with Crippen molar-refractivity contribution in [3.05, 3.63) is 0 Å². The molecule has 0 aromatic heterocycles. The van der Waals surface area contributed by atoms with Crippen molar-refractivity contribution in [2.45, 2.75) is 65.4 Å². The normalized spacial score (nSPS) is 26.8. The molecule has 2 nitrogen and oxygen atoms in total. The van der Waals surface area contributed by atoms with Crippen molar-refractivity contribution in [3.8, 4) is 0 Å². The number of hydrogen-bond acceptors (Lipinski definition) is 2. The van der Waals surface area contributed by atoms with E-state index >= 15 is 0 Å². The molecule has 2 atom stereocenters. The predicted molar refractivity (Wildman–Crippen MR) is 66.5 cm³/mol. The van der Waals surface area contributed by atoms with Crippen LogP contribution in [0.3, 0.4) is 0 Å². The molecule has 0 aromatic rings. The zero-order valence-corrected chi connectivity index (χ0v) is 11.2. The monoisotopic (exact) mass is 226 g/mol. The third-order valence-electron chi connectivity index (χ3n) is 3.87. The van der Waals surface area contributed by atoms with E-state index in [0.29, 0.717) is 18.3 Å². The smallest absolute Gasteiger partial charge is 0.167 e. The summed E-state index contributed by atoms with van der Waals surface area (Å²) in [5.41, 5.74) is -0.593. The van der Waals surface area contributed by atoms with Crippen LogP contribution in [0.1, 0.15) is 59.8 Å². The van der Waals surface area contributed by atoms with Gasteiger partial charge in [-0.25, -0.2) is 0 Å². The molecule has 0 aliphatic heterocycles. The van der Waals surface area contributed by atoms with Crippen LogP contribution in [-0.4, -0.2) is 18.0 Å². The maximum Gasteiger partial charge on any atom is 0.167 e. The van der Waals surface area contributed by atoms with Crippen molar-refractivity contribution < 1.29 is 9.53 Å². The summed E-state index contributed by atoms with van der Waals surface area (Å²) < 4.78 is 5.59. The highest BCUT2D eigenvalue weighted by Gasteiger charge is 2.38.